The van der Waals surface area contributed by atoms with Crippen LogP contribution in [0.2, 0.25) is 10.0 Å². The van der Waals surface area contributed by atoms with Crippen molar-refractivity contribution in [1.29, 1.82) is 0 Å². The number of rotatable bonds is 4. The van der Waals surface area contributed by atoms with Crippen molar-refractivity contribution in [3.8, 4) is 0 Å². The number of esters is 1. The standard InChI is InChI=1S/C19H17Cl2NO3/c20-16-9-15(10-17(21)11-16)19(24)25-12-13-3-5-14(6-4-13)18(23)22-7-1-2-8-22/h3-6,9-11H,1-2,7-8,12H2. The van der Waals surface area contributed by atoms with Crippen molar-refractivity contribution in [2.24, 2.45) is 0 Å². The van der Waals surface area contributed by atoms with Crippen LogP contribution in [0.1, 0.15) is 39.1 Å². The maximum Gasteiger partial charge on any atom is 0.338 e. The van der Waals surface area contributed by atoms with Crippen LogP contribution in [0.25, 0.3) is 0 Å². The van der Waals surface area contributed by atoms with Crippen molar-refractivity contribution < 1.29 is 14.3 Å². The van der Waals surface area contributed by atoms with Crippen LogP contribution in [-0.2, 0) is 11.3 Å². The topological polar surface area (TPSA) is 46.6 Å². The van der Waals surface area contributed by atoms with Gasteiger partial charge in [-0.05, 0) is 48.7 Å². The Bertz CT molecular complexity index is 764. The molecule has 2 aromatic carbocycles. The maximum absolute atomic E-state index is 12.3. The van der Waals surface area contributed by atoms with E-state index in [1.54, 1.807) is 30.3 Å². The number of halogens is 2. The van der Waals surface area contributed by atoms with Crippen LogP contribution in [0.5, 0.6) is 0 Å². The summed E-state index contributed by atoms with van der Waals surface area (Å²) in [5.74, 6) is -0.448. The molecule has 0 radical (unpaired) electrons. The van der Waals surface area contributed by atoms with Crippen molar-refractivity contribution in [3.05, 3.63) is 69.2 Å². The third-order valence-electron chi connectivity index (χ3n) is 4.06. The number of nitrogens with zero attached hydrogens (tertiary/aromatic N) is 1. The van der Waals surface area contributed by atoms with Crippen molar-refractivity contribution in [1.82, 2.24) is 4.90 Å². The van der Waals surface area contributed by atoms with Gasteiger partial charge in [-0.1, -0.05) is 35.3 Å². The lowest BCUT2D eigenvalue weighted by molar-refractivity contribution is 0.0472. The first-order valence-corrected chi connectivity index (χ1v) is 8.80. The van der Waals surface area contributed by atoms with E-state index in [0.717, 1.165) is 31.5 Å². The summed E-state index contributed by atoms with van der Waals surface area (Å²) in [4.78, 5) is 26.2. The van der Waals surface area contributed by atoms with Gasteiger partial charge in [0, 0.05) is 28.7 Å². The Kier molecular flexibility index (Phi) is 5.61. The Hall–Kier alpha value is -2.04. The summed E-state index contributed by atoms with van der Waals surface area (Å²) in [6, 6.07) is 11.7. The lowest BCUT2D eigenvalue weighted by Crippen LogP contribution is -2.27. The molecule has 1 saturated heterocycles. The third kappa shape index (κ3) is 4.53. The van der Waals surface area contributed by atoms with Gasteiger partial charge in [0.15, 0.2) is 0 Å². The molecule has 1 fully saturated rings. The zero-order chi connectivity index (χ0) is 17.8. The number of likely N-dealkylation sites (tertiary alicyclic amines) is 1. The fourth-order valence-electron chi connectivity index (χ4n) is 2.75. The lowest BCUT2D eigenvalue weighted by atomic mass is 10.1. The van der Waals surface area contributed by atoms with E-state index in [0.29, 0.717) is 21.2 Å². The molecule has 0 unspecified atom stereocenters. The predicted molar refractivity (Wildman–Crippen MR) is 97.2 cm³/mol. The molecule has 0 N–H and O–H groups in total. The van der Waals surface area contributed by atoms with E-state index in [9.17, 15) is 9.59 Å². The number of hydrogen-bond donors (Lipinski definition) is 0. The van der Waals surface area contributed by atoms with Gasteiger partial charge in [-0.15, -0.1) is 0 Å². The minimum absolute atomic E-state index is 0.0506. The number of benzene rings is 2. The number of amides is 1. The third-order valence-corrected chi connectivity index (χ3v) is 4.50. The molecular weight excluding hydrogens is 361 g/mol. The van der Waals surface area contributed by atoms with Crippen LogP contribution < -0.4 is 0 Å². The Labute approximate surface area is 156 Å². The highest BCUT2D eigenvalue weighted by molar-refractivity contribution is 6.35. The molecule has 1 amide bonds. The molecule has 2 aromatic rings. The molecule has 0 atom stereocenters. The first-order valence-electron chi connectivity index (χ1n) is 8.04. The van der Waals surface area contributed by atoms with Crippen molar-refractivity contribution in [2.45, 2.75) is 19.4 Å². The van der Waals surface area contributed by atoms with Gasteiger partial charge in [-0.2, -0.15) is 0 Å². The molecule has 0 bridgehead atoms. The number of carbonyl (C=O) groups excluding carboxylic acids is 2. The Morgan fingerprint density at radius 3 is 2.12 bits per heavy atom. The summed E-state index contributed by atoms with van der Waals surface area (Å²) in [6.45, 7) is 1.75. The van der Waals surface area contributed by atoms with Gasteiger partial charge in [-0.25, -0.2) is 4.79 Å². The number of ether oxygens (including phenoxy) is 1. The highest BCUT2D eigenvalue weighted by Crippen LogP contribution is 2.20. The molecular formula is C19H17Cl2NO3. The van der Waals surface area contributed by atoms with Gasteiger partial charge < -0.3 is 9.64 Å². The number of hydrogen-bond acceptors (Lipinski definition) is 3. The second kappa shape index (κ2) is 7.89. The van der Waals surface area contributed by atoms with Gasteiger partial charge >= 0.3 is 5.97 Å². The zero-order valence-electron chi connectivity index (χ0n) is 13.5. The summed E-state index contributed by atoms with van der Waals surface area (Å²) in [6.07, 6.45) is 2.13. The highest BCUT2D eigenvalue weighted by atomic mass is 35.5. The Morgan fingerprint density at radius 1 is 0.920 bits per heavy atom. The van der Waals surface area contributed by atoms with Crippen LogP contribution in [0.3, 0.4) is 0 Å². The van der Waals surface area contributed by atoms with E-state index in [2.05, 4.69) is 0 Å². The normalized spacial score (nSPS) is 13.8. The average molecular weight is 378 g/mol. The monoisotopic (exact) mass is 377 g/mol. The van der Waals surface area contributed by atoms with Crippen LogP contribution in [0.15, 0.2) is 42.5 Å². The van der Waals surface area contributed by atoms with Gasteiger partial charge in [0.2, 0.25) is 0 Å². The van der Waals surface area contributed by atoms with Crippen molar-refractivity contribution in [3.63, 3.8) is 0 Å². The van der Waals surface area contributed by atoms with Crippen LogP contribution in [0, 0.1) is 0 Å². The second-order valence-electron chi connectivity index (χ2n) is 5.93. The minimum atomic E-state index is -0.499. The number of carbonyl (C=O) groups is 2. The maximum atomic E-state index is 12.3. The molecule has 1 aliphatic rings. The molecule has 0 aromatic heterocycles. The van der Waals surface area contributed by atoms with E-state index in [-0.39, 0.29) is 12.5 Å². The summed E-state index contributed by atoms with van der Waals surface area (Å²) >= 11 is 11.8. The summed E-state index contributed by atoms with van der Waals surface area (Å²) in [7, 11) is 0. The van der Waals surface area contributed by atoms with Crippen LogP contribution in [-0.4, -0.2) is 29.9 Å². The van der Waals surface area contributed by atoms with Crippen LogP contribution >= 0.6 is 23.2 Å². The van der Waals surface area contributed by atoms with Gasteiger partial charge in [-0.3, -0.25) is 4.79 Å². The average Bonchev–Trinajstić information content (AvgIpc) is 3.13. The minimum Gasteiger partial charge on any atom is -0.457 e. The molecule has 130 valence electrons. The Morgan fingerprint density at radius 2 is 1.52 bits per heavy atom. The second-order valence-corrected chi connectivity index (χ2v) is 6.80. The summed E-state index contributed by atoms with van der Waals surface area (Å²) in [5, 5.41) is 0.758. The lowest BCUT2D eigenvalue weighted by Gasteiger charge is -2.15. The fraction of sp³-hybridized carbons (Fsp3) is 0.263. The largest absolute Gasteiger partial charge is 0.457 e. The first kappa shape index (κ1) is 17.8. The van der Waals surface area contributed by atoms with E-state index in [4.69, 9.17) is 27.9 Å². The van der Waals surface area contributed by atoms with Gasteiger partial charge in [0.25, 0.3) is 5.91 Å². The molecule has 4 nitrogen and oxygen atoms in total. The van der Waals surface area contributed by atoms with E-state index in [1.807, 2.05) is 4.90 Å². The fourth-order valence-corrected chi connectivity index (χ4v) is 3.28. The van der Waals surface area contributed by atoms with Gasteiger partial charge in [0.1, 0.15) is 6.61 Å². The molecule has 1 heterocycles. The quantitative estimate of drug-likeness (QED) is 0.732. The molecule has 1 aliphatic heterocycles. The Balaban J connectivity index is 1.59. The van der Waals surface area contributed by atoms with Gasteiger partial charge in [0.05, 0.1) is 5.56 Å². The van der Waals surface area contributed by atoms with Crippen molar-refractivity contribution in [2.75, 3.05) is 13.1 Å². The first-order chi connectivity index (χ1) is 12.0. The molecule has 0 aliphatic carbocycles. The van der Waals surface area contributed by atoms with E-state index >= 15 is 0 Å². The van der Waals surface area contributed by atoms with Crippen LogP contribution in [0.4, 0.5) is 0 Å². The molecule has 3 rings (SSSR count). The zero-order valence-corrected chi connectivity index (χ0v) is 15.0. The molecule has 6 heteroatoms. The highest BCUT2D eigenvalue weighted by Gasteiger charge is 2.19. The predicted octanol–water partition coefficient (Wildman–Crippen LogP) is 4.59. The SMILES string of the molecule is O=C(OCc1ccc(C(=O)N2CCCC2)cc1)c1cc(Cl)cc(Cl)c1. The summed E-state index contributed by atoms with van der Waals surface area (Å²) in [5.41, 5.74) is 1.76. The summed E-state index contributed by atoms with van der Waals surface area (Å²) < 4.78 is 5.27. The molecule has 0 saturated carbocycles. The van der Waals surface area contributed by atoms with Crippen molar-refractivity contribution >= 4 is 35.1 Å². The molecule has 0 spiro atoms. The van der Waals surface area contributed by atoms with E-state index in [1.165, 1.54) is 12.1 Å². The smallest absolute Gasteiger partial charge is 0.338 e. The van der Waals surface area contributed by atoms with E-state index < -0.39 is 5.97 Å². The molecule has 25 heavy (non-hydrogen) atoms.